The van der Waals surface area contributed by atoms with Crippen LogP contribution in [0.3, 0.4) is 0 Å². The first-order chi connectivity index (χ1) is 8.72. The lowest BCUT2D eigenvalue weighted by Gasteiger charge is -2.13. The van der Waals surface area contributed by atoms with Crippen LogP contribution in [-0.2, 0) is 5.41 Å². The van der Waals surface area contributed by atoms with Crippen LogP contribution in [0.5, 0.6) is 0 Å². The summed E-state index contributed by atoms with van der Waals surface area (Å²) in [5.41, 5.74) is 6.71. The molecule has 1 aliphatic carbocycles. The van der Waals surface area contributed by atoms with E-state index < -0.39 is 5.91 Å². The van der Waals surface area contributed by atoms with E-state index in [1.165, 1.54) is 18.0 Å². The number of rotatable bonds is 3. The fourth-order valence-electron chi connectivity index (χ4n) is 2.23. The highest BCUT2D eigenvalue weighted by molar-refractivity contribution is 5.92. The van der Waals surface area contributed by atoms with Gasteiger partial charge in [0, 0.05) is 12.4 Å². The van der Waals surface area contributed by atoms with Gasteiger partial charge in [0.05, 0.1) is 11.0 Å². The number of amides is 1. The SMILES string of the molecule is NC(=O)c1cnc(C2(c3ccccc3)CC2)nc1. The number of primary amides is 1. The molecule has 1 heterocycles. The van der Waals surface area contributed by atoms with E-state index in [0.717, 1.165) is 18.7 Å². The number of hydrogen-bond donors (Lipinski definition) is 1. The third-order valence-corrected chi connectivity index (χ3v) is 3.44. The molecule has 1 saturated carbocycles. The molecule has 2 aromatic rings. The van der Waals surface area contributed by atoms with Crippen molar-refractivity contribution in [2.45, 2.75) is 18.3 Å². The maximum absolute atomic E-state index is 11.0. The van der Waals surface area contributed by atoms with Gasteiger partial charge in [-0.3, -0.25) is 4.79 Å². The van der Waals surface area contributed by atoms with Gasteiger partial charge in [0.1, 0.15) is 5.82 Å². The van der Waals surface area contributed by atoms with Gasteiger partial charge in [0.2, 0.25) is 0 Å². The molecule has 1 fully saturated rings. The summed E-state index contributed by atoms with van der Waals surface area (Å²) in [6.07, 6.45) is 5.11. The fraction of sp³-hybridized carbons (Fsp3) is 0.214. The van der Waals surface area contributed by atoms with E-state index in [-0.39, 0.29) is 5.41 Å². The molecule has 0 spiro atoms. The van der Waals surface area contributed by atoms with Crippen LogP contribution in [-0.4, -0.2) is 15.9 Å². The van der Waals surface area contributed by atoms with Crippen LogP contribution < -0.4 is 5.73 Å². The first-order valence-electron chi connectivity index (χ1n) is 5.90. The van der Waals surface area contributed by atoms with Crippen LogP contribution in [0.1, 0.15) is 34.6 Å². The van der Waals surface area contributed by atoms with Gasteiger partial charge < -0.3 is 5.73 Å². The van der Waals surface area contributed by atoms with Crippen molar-refractivity contribution in [2.24, 2.45) is 5.73 Å². The number of aromatic nitrogens is 2. The van der Waals surface area contributed by atoms with Crippen LogP contribution in [0, 0.1) is 0 Å². The average molecular weight is 239 g/mol. The van der Waals surface area contributed by atoms with Crippen molar-refractivity contribution in [3.8, 4) is 0 Å². The minimum atomic E-state index is -0.494. The van der Waals surface area contributed by atoms with E-state index >= 15 is 0 Å². The van der Waals surface area contributed by atoms with Crippen molar-refractivity contribution in [3.05, 3.63) is 59.7 Å². The lowest BCUT2D eigenvalue weighted by Crippen LogP contribution is -2.16. The van der Waals surface area contributed by atoms with Crippen molar-refractivity contribution in [3.63, 3.8) is 0 Å². The lowest BCUT2D eigenvalue weighted by molar-refractivity contribution is 0.0999. The van der Waals surface area contributed by atoms with Crippen LogP contribution in [0.25, 0.3) is 0 Å². The predicted octanol–water partition coefficient (Wildman–Crippen LogP) is 1.66. The van der Waals surface area contributed by atoms with Crippen LogP contribution >= 0.6 is 0 Å². The summed E-state index contributed by atoms with van der Waals surface area (Å²) in [5, 5.41) is 0. The first-order valence-corrected chi connectivity index (χ1v) is 5.90. The number of hydrogen-bond acceptors (Lipinski definition) is 3. The molecular formula is C14H13N3O. The van der Waals surface area contributed by atoms with Crippen LogP contribution in [0.2, 0.25) is 0 Å². The van der Waals surface area contributed by atoms with Crippen molar-refractivity contribution >= 4 is 5.91 Å². The Labute approximate surface area is 105 Å². The monoisotopic (exact) mass is 239 g/mol. The molecule has 90 valence electrons. The summed E-state index contributed by atoms with van der Waals surface area (Å²) in [4.78, 5) is 19.6. The highest BCUT2D eigenvalue weighted by Crippen LogP contribution is 2.51. The van der Waals surface area contributed by atoms with Gasteiger partial charge in [-0.25, -0.2) is 9.97 Å². The molecule has 3 rings (SSSR count). The zero-order chi connectivity index (χ0) is 12.6. The average Bonchev–Trinajstić information content (AvgIpc) is 3.21. The molecule has 1 amide bonds. The Bertz CT molecular complexity index is 574. The van der Waals surface area contributed by atoms with E-state index in [9.17, 15) is 4.79 Å². The quantitative estimate of drug-likeness (QED) is 0.885. The maximum atomic E-state index is 11.0. The Morgan fingerprint density at radius 2 is 1.72 bits per heavy atom. The van der Waals surface area contributed by atoms with Gasteiger partial charge in [0.15, 0.2) is 0 Å². The second-order valence-electron chi connectivity index (χ2n) is 4.61. The molecule has 0 atom stereocenters. The van der Waals surface area contributed by atoms with Crippen LogP contribution in [0.4, 0.5) is 0 Å². The van der Waals surface area contributed by atoms with E-state index in [1.54, 1.807) is 0 Å². The Balaban J connectivity index is 1.98. The number of carbonyl (C=O) groups is 1. The molecule has 2 N–H and O–H groups in total. The molecule has 0 saturated heterocycles. The number of benzene rings is 1. The summed E-state index contributed by atoms with van der Waals surface area (Å²) in [6, 6.07) is 10.2. The summed E-state index contributed by atoms with van der Waals surface area (Å²) in [5.74, 6) is 0.282. The van der Waals surface area contributed by atoms with Gasteiger partial charge in [-0.2, -0.15) is 0 Å². The number of carbonyl (C=O) groups excluding carboxylic acids is 1. The summed E-state index contributed by atoms with van der Waals surface area (Å²) >= 11 is 0. The van der Waals surface area contributed by atoms with E-state index in [1.807, 2.05) is 18.2 Å². The zero-order valence-electron chi connectivity index (χ0n) is 9.84. The largest absolute Gasteiger partial charge is 0.366 e. The summed E-state index contributed by atoms with van der Waals surface area (Å²) in [6.45, 7) is 0. The molecular weight excluding hydrogens is 226 g/mol. The number of nitrogens with two attached hydrogens (primary N) is 1. The van der Waals surface area contributed by atoms with Crippen molar-refractivity contribution in [2.75, 3.05) is 0 Å². The van der Waals surface area contributed by atoms with Gasteiger partial charge in [-0.15, -0.1) is 0 Å². The topological polar surface area (TPSA) is 68.9 Å². The van der Waals surface area contributed by atoms with E-state index in [2.05, 4.69) is 22.1 Å². The molecule has 18 heavy (non-hydrogen) atoms. The van der Waals surface area contributed by atoms with Gasteiger partial charge in [-0.1, -0.05) is 30.3 Å². The highest BCUT2D eigenvalue weighted by Gasteiger charge is 2.48. The van der Waals surface area contributed by atoms with Gasteiger partial charge in [0.25, 0.3) is 5.91 Å². The molecule has 1 aliphatic rings. The van der Waals surface area contributed by atoms with E-state index in [4.69, 9.17) is 5.73 Å². The first kappa shape index (κ1) is 10.9. The third kappa shape index (κ3) is 1.66. The summed E-state index contributed by atoms with van der Waals surface area (Å²) < 4.78 is 0. The minimum Gasteiger partial charge on any atom is -0.366 e. The van der Waals surface area contributed by atoms with Crippen molar-refractivity contribution in [1.82, 2.24) is 9.97 Å². The van der Waals surface area contributed by atoms with Gasteiger partial charge >= 0.3 is 0 Å². The van der Waals surface area contributed by atoms with Gasteiger partial charge in [-0.05, 0) is 18.4 Å². The summed E-state index contributed by atoms with van der Waals surface area (Å²) in [7, 11) is 0. The maximum Gasteiger partial charge on any atom is 0.251 e. The predicted molar refractivity (Wildman–Crippen MR) is 67.0 cm³/mol. The molecule has 1 aromatic carbocycles. The second-order valence-corrected chi connectivity index (χ2v) is 4.61. The Hall–Kier alpha value is -2.23. The molecule has 1 aromatic heterocycles. The highest BCUT2D eigenvalue weighted by atomic mass is 16.1. The lowest BCUT2D eigenvalue weighted by atomic mass is 9.95. The standard InChI is InChI=1S/C14H13N3O/c15-12(18)10-8-16-13(17-9-10)14(6-7-14)11-4-2-1-3-5-11/h1-5,8-9H,6-7H2,(H2,15,18). The Kier molecular flexibility index (Phi) is 2.37. The Morgan fingerprint density at radius 1 is 1.11 bits per heavy atom. The molecule has 0 radical (unpaired) electrons. The minimum absolute atomic E-state index is 0.0581. The molecule has 4 heteroatoms. The third-order valence-electron chi connectivity index (χ3n) is 3.44. The second kappa shape index (κ2) is 3.91. The Morgan fingerprint density at radius 3 is 2.22 bits per heavy atom. The number of nitrogens with zero attached hydrogens (tertiary/aromatic N) is 2. The van der Waals surface area contributed by atoms with Crippen molar-refractivity contribution < 1.29 is 4.79 Å². The smallest absolute Gasteiger partial charge is 0.251 e. The zero-order valence-corrected chi connectivity index (χ0v) is 9.84. The fourth-order valence-corrected chi connectivity index (χ4v) is 2.23. The molecule has 4 nitrogen and oxygen atoms in total. The molecule has 0 aliphatic heterocycles. The molecule has 0 unspecified atom stereocenters. The van der Waals surface area contributed by atoms with Crippen LogP contribution in [0.15, 0.2) is 42.7 Å². The van der Waals surface area contributed by atoms with E-state index in [0.29, 0.717) is 5.56 Å². The molecule has 0 bridgehead atoms. The normalized spacial score (nSPS) is 16.2. The van der Waals surface area contributed by atoms with Crippen molar-refractivity contribution in [1.29, 1.82) is 0 Å².